The lowest BCUT2D eigenvalue weighted by atomic mass is 10.1. The van der Waals surface area contributed by atoms with E-state index in [2.05, 4.69) is 5.32 Å². The molecule has 0 saturated heterocycles. The predicted molar refractivity (Wildman–Crippen MR) is 89.1 cm³/mol. The van der Waals surface area contributed by atoms with Crippen molar-refractivity contribution in [2.75, 3.05) is 12.4 Å². The summed E-state index contributed by atoms with van der Waals surface area (Å²) in [6, 6.07) is 12.8. The molecule has 2 rings (SSSR count). The first-order chi connectivity index (χ1) is 10.1. The normalized spacial score (nSPS) is 10.4. The van der Waals surface area contributed by atoms with E-state index >= 15 is 0 Å². The molecule has 0 fully saturated rings. The number of hydrogen-bond acceptors (Lipinski definition) is 4. The van der Waals surface area contributed by atoms with E-state index in [1.165, 1.54) is 11.6 Å². The second-order valence-electron chi connectivity index (χ2n) is 4.44. The number of para-hydroxylation sites is 1. The molecule has 6 heteroatoms. The van der Waals surface area contributed by atoms with Crippen molar-refractivity contribution in [3.05, 3.63) is 68.7 Å². The molecule has 1 N–H and O–H groups in total. The molecule has 0 bridgehead atoms. The van der Waals surface area contributed by atoms with E-state index in [1.807, 2.05) is 30.3 Å². The van der Waals surface area contributed by atoms with Crippen molar-refractivity contribution >= 4 is 34.7 Å². The van der Waals surface area contributed by atoms with Crippen molar-refractivity contribution in [3.63, 3.8) is 0 Å². The lowest BCUT2D eigenvalue weighted by molar-refractivity contribution is -0.384. The summed E-state index contributed by atoms with van der Waals surface area (Å²) < 4.78 is 0. The summed E-state index contributed by atoms with van der Waals surface area (Å²) in [4.78, 5) is 10.6. The SMILES string of the molecule is CNc1c(CSCc2ccc(Cl)cc2)cccc1[N+](=O)[O-]. The first-order valence-corrected chi connectivity index (χ1v) is 7.91. The van der Waals surface area contributed by atoms with Gasteiger partial charge in [0.2, 0.25) is 0 Å². The number of rotatable bonds is 6. The Labute approximate surface area is 132 Å². The van der Waals surface area contributed by atoms with Crippen LogP contribution >= 0.6 is 23.4 Å². The fraction of sp³-hybridized carbons (Fsp3) is 0.200. The van der Waals surface area contributed by atoms with Gasteiger partial charge in [0.15, 0.2) is 0 Å². The molecule has 0 aliphatic rings. The lowest BCUT2D eigenvalue weighted by Gasteiger charge is -2.09. The van der Waals surface area contributed by atoms with Crippen LogP contribution in [0.5, 0.6) is 0 Å². The van der Waals surface area contributed by atoms with Gasteiger partial charge in [0.05, 0.1) is 4.92 Å². The van der Waals surface area contributed by atoms with E-state index in [0.717, 1.165) is 16.3 Å². The standard InChI is InChI=1S/C15H15ClN2O2S/c1-17-15-12(3-2-4-14(15)18(19)20)10-21-9-11-5-7-13(16)8-6-11/h2-8,17H,9-10H2,1H3. The topological polar surface area (TPSA) is 55.2 Å². The summed E-state index contributed by atoms with van der Waals surface area (Å²) in [5, 5.41) is 14.7. The Morgan fingerprint density at radius 3 is 2.52 bits per heavy atom. The largest absolute Gasteiger partial charge is 0.382 e. The summed E-state index contributed by atoms with van der Waals surface area (Å²) >= 11 is 7.56. The number of nitro benzene ring substituents is 1. The molecule has 0 aromatic heterocycles. The third-order valence-electron chi connectivity index (χ3n) is 3.02. The molecule has 0 amide bonds. The van der Waals surface area contributed by atoms with Gasteiger partial charge in [0.25, 0.3) is 5.69 Å². The molecule has 2 aromatic rings. The van der Waals surface area contributed by atoms with Crippen LogP contribution in [0.3, 0.4) is 0 Å². The van der Waals surface area contributed by atoms with Gasteiger partial charge in [-0.15, -0.1) is 0 Å². The molecule has 0 spiro atoms. The minimum Gasteiger partial charge on any atom is -0.382 e. The molecule has 0 unspecified atom stereocenters. The van der Waals surface area contributed by atoms with Gasteiger partial charge < -0.3 is 5.32 Å². The smallest absolute Gasteiger partial charge is 0.292 e. The third kappa shape index (κ3) is 4.12. The van der Waals surface area contributed by atoms with Crippen LogP contribution in [0.15, 0.2) is 42.5 Å². The fourth-order valence-electron chi connectivity index (χ4n) is 2.01. The van der Waals surface area contributed by atoms with Crippen LogP contribution in [0.4, 0.5) is 11.4 Å². The van der Waals surface area contributed by atoms with E-state index in [0.29, 0.717) is 11.4 Å². The van der Waals surface area contributed by atoms with Crippen molar-refractivity contribution in [2.24, 2.45) is 0 Å². The molecular formula is C15H15ClN2O2S. The average molecular weight is 323 g/mol. The second-order valence-corrected chi connectivity index (χ2v) is 5.86. The van der Waals surface area contributed by atoms with E-state index in [9.17, 15) is 10.1 Å². The molecule has 0 atom stereocenters. The Kier molecular flexibility index (Phi) is 5.47. The number of hydrogen-bond donors (Lipinski definition) is 1. The molecule has 2 aromatic carbocycles. The number of thioether (sulfide) groups is 1. The predicted octanol–water partition coefficient (Wildman–Crippen LogP) is 4.72. The van der Waals surface area contributed by atoms with Gasteiger partial charge in [-0.05, 0) is 23.3 Å². The summed E-state index contributed by atoms with van der Waals surface area (Å²) in [5.41, 5.74) is 2.82. The van der Waals surface area contributed by atoms with Crippen LogP contribution in [0, 0.1) is 10.1 Å². The summed E-state index contributed by atoms with van der Waals surface area (Å²) in [6.45, 7) is 0. The summed E-state index contributed by atoms with van der Waals surface area (Å²) in [6.07, 6.45) is 0. The van der Waals surface area contributed by atoms with Crippen LogP contribution in [0.25, 0.3) is 0 Å². The Bertz CT molecular complexity index is 632. The average Bonchev–Trinajstić information content (AvgIpc) is 2.49. The maximum absolute atomic E-state index is 11.0. The van der Waals surface area contributed by atoms with Crippen LogP contribution in [-0.4, -0.2) is 12.0 Å². The van der Waals surface area contributed by atoms with E-state index in [-0.39, 0.29) is 10.6 Å². The highest BCUT2D eigenvalue weighted by atomic mass is 35.5. The quantitative estimate of drug-likeness (QED) is 0.617. The Hall–Kier alpha value is -1.72. The van der Waals surface area contributed by atoms with Gasteiger partial charge >= 0.3 is 0 Å². The maximum atomic E-state index is 11.0. The molecular weight excluding hydrogens is 308 g/mol. The zero-order chi connectivity index (χ0) is 15.2. The van der Waals surface area contributed by atoms with Gasteiger partial charge in [-0.2, -0.15) is 11.8 Å². The highest BCUT2D eigenvalue weighted by molar-refractivity contribution is 7.97. The number of nitrogens with one attached hydrogen (secondary N) is 1. The molecule has 110 valence electrons. The number of anilines is 1. The lowest BCUT2D eigenvalue weighted by Crippen LogP contribution is -2.00. The summed E-state index contributed by atoms with van der Waals surface area (Å²) in [5.74, 6) is 1.55. The fourth-order valence-corrected chi connectivity index (χ4v) is 3.12. The molecule has 4 nitrogen and oxygen atoms in total. The van der Waals surface area contributed by atoms with E-state index < -0.39 is 0 Å². The molecule has 0 radical (unpaired) electrons. The maximum Gasteiger partial charge on any atom is 0.292 e. The van der Waals surface area contributed by atoms with Gasteiger partial charge in [-0.1, -0.05) is 35.9 Å². The highest BCUT2D eigenvalue weighted by Crippen LogP contribution is 2.31. The first kappa shape index (κ1) is 15.7. The minimum absolute atomic E-state index is 0.113. The van der Waals surface area contributed by atoms with Gasteiger partial charge in [-0.3, -0.25) is 10.1 Å². The monoisotopic (exact) mass is 322 g/mol. The van der Waals surface area contributed by atoms with Gasteiger partial charge in [0.1, 0.15) is 5.69 Å². The zero-order valence-electron chi connectivity index (χ0n) is 11.5. The second kappa shape index (κ2) is 7.33. The van der Waals surface area contributed by atoms with E-state index in [1.54, 1.807) is 24.9 Å². The Balaban J connectivity index is 2.04. The zero-order valence-corrected chi connectivity index (χ0v) is 13.1. The van der Waals surface area contributed by atoms with Gasteiger partial charge in [-0.25, -0.2) is 0 Å². The van der Waals surface area contributed by atoms with Crippen LogP contribution in [-0.2, 0) is 11.5 Å². The Morgan fingerprint density at radius 2 is 1.90 bits per heavy atom. The van der Waals surface area contributed by atoms with Gasteiger partial charge in [0, 0.05) is 29.6 Å². The highest BCUT2D eigenvalue weighted by Gasteiger charge is 2.15. The number of benzene rings is 2. The van der Waals surface area contributed by atoms with Crippen molar-refractivity contribution in [2.45, 2.75) is 11.5 Å². The van der Waals surface area contributed by atoms with Crippen LogP contribution in [0.2, 0.25) is 5.02 Å². The molecule has 0 aliphatic heterocycles. The number of nitrogens with zero attached hydrogens (tertiary/aromatic N) is 1. The number of halogens is 1. The van der Waals surface area contributed by atoms with Crippen LogP contribution < -0.4 is 5.32 Å². The van der Waals surface area contributed by atoms with E-state index in [4.69, 9.17) is 11.6 Å². The van der Waals surface area contributed by atoms with Crippen molar-refractivity contribution < 1.29 is 4.92 Å². The molecule has 0 aliphatic carbocycles. The third-order valence-corrected chi connectivity index (χ3v) is 4.32. The van der Waals surface area contributed by atoms with Crippen molar-refractivity contribution in [1.82, 2.24) is 0 Å². The Morgan fingerprint density at radius 1 is 1.19 bits per heavy atom. The number of nitro groups is 1. The summed E-state index contributed by atoms with van der Waals surface area (Å²) in [7, 11) is 1.70. The van der Waals surface area contributed by atoms with Crippen LogP contribution in [0.1, 0.15) is 11.1 Å². The molecule has 0 heterocycles. The minimum atomic E-state index is -0.362. The van der Waals surface area contributed by atoms with Crippen molar-refractivity contribution in [1.29, 1.82) is 0 Å². The van der Waals surface area contributed by atoms with Crippen molar-refractivity contribution in [3.8, 4) is 0 Å². The first-order valence-electron chi connectivity index (χ1n) is 6.38. The molecule has 0 saturated carbocycles. The molecule has 21 heavy (non-hydrogen) atoms.